The standard InChI is InChI=1S/C18H25N3O3/c1-2-14-12-21(16-11-19-8-5-15(16)20-18(14)23)17(22)4-3-13-6-9-24-10-7-13/h5,8,11,13-14H,2-4,6-7,9-10,12H2,1H3,(H,20,23). The average molecular weight is 331 g/mol. The van der Waals surface area contributed by atoms with Crippen LogP contribution in [0.5, 0.6) is 0 Å². The highest BCUT2D eigenvalue weighted by molar-refractivity contribution is 6.04. The minimum atomic E-state index is -0.190. The molecule has 6 nitrogen and oxygen atoms in total. The molecule has 0 radical (unpaired) electrons. The Balaban J connectivity index is 1.73. The molecule has 0 aromatic carbocycles. The molecule has 1 atom stereocenters. The van der Waals surface area contributed by atoms with Crippen molar-refractivity contribution in [2.75, 3.05) is 30.0 Å². The van der Waals surface area contributed by atoms with Crippen molar-refractivity contribution in [3.63, 3.8) is 0 Å². The molecule has 0 saturated carbocycles. The lowest BCUT2D eigenvalue weighted by Gasteiger charge is -2.26. The number of carbonyl (C=O) groups excluding carboxylic acids is 2. The van der Waals surface area contributed by atoms with Crippen molar-refractivity contribution in [1.82, 2.24) is 4.98 Å². The molecule has 2 amide bonds. The zero-order valence-electron chi connectivity index (χ0n) is 14.2. The van der Waals surface area contributed by atoms with Crippen LogP contribution in [0.1, 0.15) is 39.0 Å². The molecule has 6 heteroatoms. The quantitative estimate of drug-likeness (QED) is 0.920. The molecule has 3 heterocycles. The summed E-state index contributed by atoms with van der Waals surface area (Å²) in [5.41, 5.74) is 1.38. The van der Waals surface area contributed by atoms with Crippen LogP contribution < -0.4 is 10.2 Å². The zero-order chi connectivity index (χ0) is 16.9. The van der Waals surface area contributed by atoms with E-state index in [1.165, 1.54) is 0 Å². The zero-order valence-corrected chi connectivity index (χ0v) is 14.2. The second-order valence-electron chi connectivity index (χ2n) is 6.59. The number of hydrogen-bond acceptors (Lipinski definition) is 4. The molecule has 1 unspecified atom stereocenters. The molecular weight excluding hydrogens is 306 g/mol. The van der Waals surface area contributed by atoms with Crippen LogP contribution in [0.3, 0.4) is 0 Å². The van der Waals surface area contributed by atoms with Crippen molar-refractivity contribution in [3.8, 4) is 0 Å². The second kappa shape index (κ2) is 7.75. The first-order chi connectivity index (χ1) is 11.7. The van der Waals surface area contributed by atoms with Crippen molar-refractivity contribution in [3.05, 3.63) is 18.5 Å². The predicted molar refractivity (Wildman–Crippen MR) is 91.8 cm³/mol. The number of nitrogens with one attached hydrogen (secondary N) is 1. The number of aromatic nitrogens is 1. The summed E-state index contributed by atoms with van der Waals surface area (Å²) >= 11 is 0. The van der Waals surface area contributed by atoms with Gasteiger partial charge in [0, 0.05) is 32.4 Å². The first-order valence-electron chi connectivity index (χ1n) is 8.82. The van der Waals surface area contributed by atoms with E-state index in [4.69, 9.17) is 4.74 Å². The normalized spacial score (nSPS) is 21.8. The molecule has 130 valence electrons. The summed E-state index contributed by atoms with van der Waals surface area (Å²) in [6, 6.07) is 1.75. The van der Waals surface area contributed by atoms with Crippen molar-refractivity contribution in [2.24, 2.45) is 11.8 Å². The third-order valence-corrected chi connectivity index (χ3v) is 5.02. The second-order valence-corrected chi connectivity index (χ2v) is 6.59. The van der Waals surface area contributed by atoms with Crippen LogP contribution in [0.2, 0.25) is 0 Å². The Kier molecular flexibility index (Phi) is 5.45. The van der Waals surface area contributed by atoms with E-state index in [0.29, 0.717) is 36.7 Å². The number of fused-ring (bicyclic) bond motifs is 1. The largest absolute Gasteiger partial charge is 0.381 e. The molecule has 1 aromatic heterocycles. The molecule has 1 saturated heterocycles. The highest BCUT2D eigenvalue weighted by atomic mass is 16.5. The van der Waals surface area contributed by atoms with Gasteiger partial charge in [0.15, 0.2) is 0 Å². The third-order valence-electron chi connectivity index (χ3n) is 5.02. The van der Waals surface area contributed by atoms with Gasteiger partial charge in [-0.3, -0.25) is 14.6 Å². The first kappa shape index (κ1) is 16.9. The van der Waals surface area contributed by atoms with Crippen molar-refractivity contribution >= 4 is 23.2 Å². The van der Waals surface area contributed by atoms with Crippen LogP contribution >= 0.6 is 0 Å². The number of anilines is 2. The number of ether oxygens (including phenoxy) is 1. The molecule has 1 N–H and O–H groups in total. The number of amides is 2. The SMILES string of the molecule is CCC1CN(C(=O)CCC2CCOCC2)c2cnccc2NC1=O. The van der Waals surface area contributed by atoms with E-state index < -0.39 is 0 Å². The highest BCUT2D eigenvalue weighted by Gasteiger charge is 2.30. The van der Waals surface area contributed by atoms with Crippen LogP contribution in [0.25, 0.3) is 0 Å². The molecule has 24 heavy (non-hydrogen) atoms. The van der Waals surface area contributed by atoms with E-state index in [0.717, 1.165) is 32.5 Å². The van der Waals surface area contributed by atoms with Crippen LogP contribution in [0, 0.1) is 11.8 Å². The minimum absolute atomic E-state index is 0.0234. The summed E-state index contributed by atoms with van der Waals surface area (Å²) in [4.78, 5) is 31.0. The fraction of sp³-hybridized carbons (Fsp3) is 0.611. The van der Waals surface area contributed by atoms with Gasteiger partial charge in [0.25, 0.3) is 0 Å². The summed E-state index contributed by atoms with van der Waals surface area (Å²) in [6.07, 6.45) is 7.45. The first-order valence-corrected chi connectivity index (χ1v) is 8.82. The number of pyridine rings is 1. The van der Waals surface area contributed by atoms with Gasteiger partial charge in [0.05, 0.1) is 23.5 Å². The predicted octanol–water partition coefficient (Wildman–Crippen LogP) is 2.60. The van der Waals surface area contributed by atoms with Gasteiger partial charge in [-0.25, -0.2) is 0 Å². The molecule has 2 aliphatic heterocycles. The Hall–Kier alpha value is -1.95. The molecule has 0 spiro atoms. The monoisotopic (exact) mass is 331 g/mol. The van der Waals surface area contributed by atoms with Gasteiger partial charge in [-0.1, -0.05) is 6.92 Å². The van der Waals surface area contributed by atoms with Gasteiger partial charge < -0.3 is 15.0 Å². The van der Waals surface area contributed by atoms with Crippen LogP contribution in [0.4, 0.5) is 11.4 Å². The highest BCUT2D eigenvalue weighted by Crippen LogP contribution is 2.31. The summed E-state index contributed by atoms with van der Waals surface area (Å²) < 4.78 is 5.38. The minimum Gasteiger partial charge on any atom is -0.381 e. The van der Waals surface area contributed by atoms with E-state index in [1.54, 1.807) is 23.4 Å². The summed E-state index contributed by atoms with van der Waals surface area (Å²) in [6.45, 7) is 3.99. The number of hydrogen-bond donors (Lipinski definition) is 1. The van der Waals surface area contributed by atoms with Crippen LogP contribution in [-0.2, 0) is 14.3 Å². The average Bonchev–Trinajstić information content (AvgIpc) is 2.76. The Morgan fingerprint density at radius 3 is 2.96 bits per heavy atom. The van der Waals surface area contributed by atoms with Crippen molar-refractivity contribution in [2.45, 2.75) is 39.0 Å². The Morgan fingerprint density at radius 1 is 1.42 bits per heavy atom. The van der Waals surface area contributed by atoms with Gasteiger partial charge in [-0.2, -0.15) is 0 Å². The number of nitrogens with zero attached hydrogens (tertiary/aromatic N) is 2. The van der Waals surface area contributed by atoms with Gasteiger partial charge in [0.1, 0.15) is 0 Å². The van der Waals surface area contributed by atoms with E-state index >= 15 is 0 Å². The van der Waals surface area contributed by atoms with Gasteiger partial charge in [-0.15, -0.1) is 0 Å². The molecule has 2 aliphatic rings. The number of rotatable bonds is 4. The lowest BCUT2D eigenvalue weighted by Crippen LogP contribution is -2.37. The fourth-order valence-corrected chi connectivity index (χ4v) is 3.39. The lowest BCUT2D eigenvalue weighted by molar-refractivity contribution is -0.120. The van der Waals surface area contributed by atoms with Crippen molar-refractivity contribution < 1.29 is 14.3 Å². The van der Waals surface area contributed by atoms with E-state index in [9.17, 15) is 9.59 Å². The molecule has 0 bridgehead atoms. The number of carbonyl (C=O) groups is 2. The summed E-state index contributed by atoms with van der Waals surface area (Å²) in [5, 5.41) is 2.92. The topological polar surface area (TPSA) is 71.5 Å². The molecule has 3 rings (SSSR count). The smallest absolute Gasteiger partial charge is 0.229 e. The maximum absolute atomic E-state index is 12.9. The van der Waals surface area contributed by atoms with Gasteiger partial charge in [-0.05, 0) is 37.7 Å². The summed E-state index contributed by atoms with van der Waals surface area (Å²) in [7, 11) is 0. The maximum atomic E-state index is 12.9. The van der Waals surface area contributed by atoms with Crippen molar-refractivity contribution in [1.29, 1.82) is 0 Å². The van der Waals surface area contributed by atoms with E-state index in [1.807, 2.05) is 6.92 Å². The van der Waals surface area contributed by atoms with Crippen LogP contribution in [0.15, 0.2) is 18.5 Å². The van der Waals surface area contributed by atoms with Crippen LogP contribution in [-0.4, -0.2) is 36.6 Å². The van der Waals surface area contributed by atoms with Gasteiger partial charge in [0.2, 0.25) is 11.8 Å². The van der Waals surface area contributed by atoms with E-state index in [-0.39, 0.29) is 17.7 Å². The lowest BCUT2D eigenvalue weighted by atomic mass is 9.94. The summed E-state index contributed by atoms with van der Waals surface area (Å²) in [5.74, 6) is 0.421. The van der Waals surface area contributed by atoms with E-state index in [2.05, 4.69) is 10.3 Å². The fourth-order valence-electron chi connectivity index (χ4n) is 3.39. The Labute approximate surface area is 142 Å². The molecule has 1 fully saturated rings. The molecule has 1 aromatic rings. The van der Waals surface area contributed by atoms with Gasteiger partial charge >= 0.3 is 0 Å². The molecular formula is C18H25N3O3. The maximum Gasteiger partial charge on any atom is 0.229 e. The third kappa shape index (κ3) is 3.75. The molecule has 0 aliphatic carbocycles. The Morgan fingerprint density at radius 2 is 2.21 bits per heavy atom. The Bertz CT molecular complexity index is 599.